The second kappa shape index (κ2) is 12.4. The second-order valence-electron chi connectivity index (χ2n) is 4.05. The van der Waals surface area contributed by atoms with Gasteiger partial charge in [0, 0.05) is 29.3 Å². The van der Waals surface area contributed by atoms with Gasteiger partial charge >= 0.3 is 17.7 Å². The van der Waals surface area contributed by atoms with Crippen LogP contribution in [-0.4, -0.2) is 83.2 Å². The Morgan fingerprint density at radius 3 is 2.25 bits per heavy atom. The van der Waals surface area contributed by atoms with Crippen LogP contribution >= 0.6 is 0 Å². The molecule has 1 aromatic rings. The molecular weight excluding hydrogens is 371 g/mol. The van der Waals surface area contributed by atoms with Crippen molar-refractivity contribution >= 4 is 23.8 Å². The number of hydrogen-bond acceptors (Lipinski definition) is 7. The minimum atomic E-state index is -1.99. The molecule has 3 unspecified atom stereocenters. The maximum absolute atomic E-state index is 10.6. The molecule has 3 atom stereocenters. The third kappa shape index (κ3) is 9.15. The van der Waals surface area contributed by atoms with Crippen LogP contribution in [0.25, 0.3) is 6.08 Å². The van der Waals surface area contributed by atoms with Crippen molar-refractivity contribution in [2.45, 2.75) is 18.3 Å². The first-order chi connectivity index (χ1) is 10.7. The standard InChI is InChI=1S/C6H6N2O2.C6H10O7.Mn/c9-6(10)2-1-5-3-7-4-8-5;7-1-2(8)3(9)4(10)5(11)6(12)13;/h1-4H,(H,7,8)(H,9,10);2-4,7-10H,1H2,(H,12,13);/p+1/b2-1-;;. The summed E-state index contributed by atoms with van der Waals surface area (Å²) in [6.45, 7) is -0.844. The number of aromatic nitrogens is 2. The first-order valence-corrected chi connectivity index (χ1v) is 6.05. The monoisotopic (exact) mass is 388 g/mol. The first-order valence-electron chi connectivity index (χ1n) is 6.05. The van der Waals surface area contributed by atoms with E-state index in [9.17, 15) is 14.4 Å². The van der Waals surface area contributed by atoms with Crippen LogP contribution in [-0.2, 0) is 31.5 Å². The molecule has 1 aromatic heterocycles. The van der Waals surface area contributed by atoms with Gasteiger partial charge < -0.3 is 35.6 Å². The fourth-order valence-electron chi connectivity index (χ4n) is 1.14. The summed E-state index contributed by atoms with van der Waals surface area (Å²) in [5, 5.41) is 49.2. The minimum absolute atomic E-state index is 0. The normalized spacial score (nSPS) is 13.8. The number of carboxylic acids is 2. The summed E-state index contributed by atoms with van der Waals surface area (Å²) in [7, 11) is 0. The molecule has 0 bridgehead atoms. The predicted octanol–water partition coefficient (Wildman–Crippen LogP) is -3.05. The van der Waals surface area contributed by atoms with Gasteiger partial charge in [0.25, 0.3) is 6.10 Å². The van der Waals surface area contributed by atoms with Crippen molar-refractivity contribution in [3.05, 3.63) is 24.3 Å². The molecule has 24 heavy (non-hydrogen) atoms. The molecule has 1 rings (SSSR count). The molecule has 0 saturated heterocycles. The van der Waals surface area contributed by atoms with E-state index in [4.69, 9.17) is 30.6 Å². The SMILES string of the molecule is O=C(O)/C=C\c1c[nH]cn1.O=C(O)C(=O)C([OH2+])C(O)C(O)CO.[Mn]. The van der Waals surface area contributed by atoms with Crippen LogP contribution in [0, 0.1) is 0 Å². The Morgan fingerprint density at radius 2 is 1.88 bits per heavy atom. The second-order valence-corrected chi connectivity index (χ2v) is 4.05. The van der Waals surface area contributed by atoms with Crippen molar-refractivity contribution in [1.29, 1.82) is 0 Å². The number of carbonyl (C=O) groups is 3. The topological polar surface area (TPSA) is 204 Å². The summed E-state index contributed by atoms with van der Waals surface area (Å²) < 4.78 is 0. The number of aliphatic hydroxyl groups excluding tert-OH is 3. The molecule has 8 N–H and O–H groups in total. The van der Waals surface area contributed by atoms with Gasteiger partial charge in [0.2, 0.25) is 0 Å². The van der Waals surface area contributed by atoms with Gasteiger partial charge in [0.15, 0.2) is 6.10 Å². The van der Waals surface area contributed by atoms with Crippen molar-refractivity contribution in [1.82, 2.24) is 9.97 Å². The molecule has 0 saturated carbocycles. The number of carboxylic acid groups (broad SMARTS) is 2. The molecule has 135 valence electrons. The van der Waals surface area contributed by atoms with Crippen molar-refractivity contribution in [2.75, 3.05) is 6.61 Å². The number of nitrogens with zero attached hydrogens (tertiary/aromatic N) is 1. The zero-order chi connectivity index (χ0) is 18.0. The third-order valence-electron chi connectivity index (χ3n) is 2.33. The summed E-state index contributed by atoms with van der Waals surface area (Å²) in [5.41, 5.74) is 0.613. The molecule has 0 aliphatic carbocycles. The number of hydrogen-bond donors (Lipinski definition) is 6. The molecule has 0 aromatic carbocycles. The molecule has 0 aliphatic heterocycles. The van der Waals surface area contributed by atoms with Gasteiger partial charge in [-0.15, -0.1) is 0 Å². The number of nitrogens with one attached hydrogen (secondary N) is 1. The summed E-state index contributed by atoms with van der Waals surface area (Å²) in [5.74, 6) is -4.35. The van der Waals surface area contributed by atoms with Crippen molar-refractivity contribution in [3.63, 3.8) is 0 Å². The van der Waals surface area contributed by atoms with E-state index in [1.165, 1.54) is 12.4 Å². The molecule has 0 aliphatic rings. The fourth-order valence-corrected chi connectivity index (χ4v) is 1.14. The number of ketones is 1. The smallest absolute Gasteiger partial charge is 0.380 e. The summed E-state index contributed by atoms with van der Waals surface area (Å²) in [6.07, 6.45) is -0.0188. The number of Topliss-reactive ketones (excluding diaryl/α,β-unsaturated/α-hetero) is 1. The number of carbonyl (C=O) groups excluding carboxylic acids is 1. The Balaban J connectivity index is 0. The number of H-pyrrole nitrogens is 1. The van der Waals surface area contributed by atoms with Gasteiger partial charge in [-0.25, -0.2) is 14.6 Å². The van der Waals surface area contributed by atoms with Gasteiger partial charge in [-0.3, -0.25) is 4.79 Å². The molecule has 0 spiro atoms. The van der Waals surface area contributed by atoms with Crippen molar-refractivity contribution < 1.29 is 62.1 Å². The number of aromatic amines is 1. The molecule has 1 radical (unpaired) electrons. The van der Waals surface area contributed by atoms with Gasteiger partial charge in [-0.05, 0) is 6.08 Å². The average molecular weight is 388 g/mol. The van der Waals surface area contributed by atoms with Crippen molar-refractivity contribution in [3.8, 4) is 0 Å². The van der Waals surface area contributed by atoms with Crippen LogP contribution in [0.3, 0.4) is 0 Å². The minimum Gasteiger partial charge on any atom is -0.478 e. The van der Waals surface area contributed by atoms with Gasteiger partial charge in [-0.2, -0.15) is 0 Å². The van der Waals surface area contributed by atoms with Crippen molar-refractivity contribution in [2.24, 2.45) is 0 Å². The maximum atomic E-state index is 10.6. The Kier molecular flexibility index (Phi) is 12.4. The third-order valence-corrected chi connectivity index (χ3v) is 2.33. The maximum Gasteiger partial charge on any atom is 0.380 e. The van der Waals surface area contributed by atoms with Gasteiger partial charge in [-0.1, -0.05) is 0 Å². The van der Waals surface area contributed by atoms with Crippen LogP contribution in [0.15, 0.2) is 18.6 Å². The largest absolute Gasteiger partial charge is 0.478 e. The molecule has 0 amide bonds. The van der Waals surface area contributed by atoms with E-state index in [2.05, 4.69) is 9.97 Å². The number of rotatable bonds is 7. The van der Waals surface area contributed by atoms with Gasteiger partial charge in [0.05, 0.1) is 18.6 Å². The summed E-state index contributed by atoms with van der Waals surface area (Å²) in [6, 6.07) is 0. The van der Waals surface area contributed by atoms with E-state index in [1.807, 2.05) is 0 Å². The average Bonchev–Trinajstić information content (AvgIpc) is 3.03. The van der Waals surface area contributed by atoms with E-state index in [0.717, 1.165) is 6.08 Å². The molecule has 1 heterocycles. The molecule has 12 heteroatoms. The zero-order valence-electron chi connectivity index (χ0n) is 12.0. The van der Waals surface area contributed by atoms with Crippen LogP contribution in [0.4, 0.5) is 0 Å². The van der Waals surface area contributed by atoms with Crippen LogP contribution in [0.1, 0.15) is 5.69 Å². The molecule has 11 nitrogen and oxygen atoms in total. The Labute approximate surface area is 145 Å². The van der Waals surface area contributed by atoms with Crippen LogP contribution in [0.5, 0.6) is 0 Å². The van der Waals surface area contributed by atoms with Crippen LogP contribution < -0.4 is 0 Å². The Hall–Kier alpha value is -2.08. The quantitative estimate of drug-likeness (QED) is 0.121. The Bertz CT molecular complexity index is 547. The number of imidazole rings is 1. The first kappa shape index (κ1) is 24.2. The fraction of sp³-hybridized carbons (Fsp3) is 0.333. The summed E-state index contributed by atoms with van der Waals surface area (Å²) in [4.78, 5) is 37.0. The predicted molar refractivity (Wildman–Crippen MR) is 74.4 cm³/mol. The van der Waals surface area contributed by atoms with Crippen LogP contribution in [0.2, 0.25) is 0 Å². The Morgan fingerprint density at radius 1 is 1.29 bits per heavy atom. The van der Waals surface area contributed by atoms with E-state index in [0.29, 0.717) is 5.69 Å². The number of aliphatic hydroxyl groups is 3. The summed E-state index contributed by atoms with van der Waals surface area (Å²) >= 11 is 0. The van der Waals surface area contributed by atoms with E-state index >= 15 is 0 Å². The van der Waals surface area contributed by atoms with E-state index < -0.39 is 42.6 Å². The zero-order valence-corrected chi connectivity index (χ0v) is 13.2. The van der Waals surface area contributed by atoms with Gasteiger partial charge in [0.1, 0.15) is 6.10 Å². The number of aliphatic carboxylic acids is 2. The molecular formula is C12H17MnN2O9+. The van der Waals surface area contributed by atoms with E-state index in [-0.39, 0.29) is 17.1 Å². The van der Waals surface area contributed by atoms with E-state index in [1.54, 1.807) is 6.20 Å². The molecule has 0 fully saturated rings.